The van der Waals surface area contributed by atoms with Gasteiger partial charge in [0.25, 0.3) is 0 Å². The summed E-state index contributed by atoms with van der Waals surface area (Å²) < 4.78 is 92.2. The summed E-state index contributed by atoms with van der Waals surface area (Å²) in [6.45, 7) is 4.08. The molecule has 0 spiro atoms. The van der Waals surface area contributed by atoms with Gasteiger partial charge in [-0.25, -0.2) is 0 Å². The third-order valence-corrected chi connectivity index (χ3v) is 10.4. The molecule has 0 N–H and O–H groups in total. The Labute approximate surface area is 262 Å². The van der Waals surface area contributed by atoms with Crippen LogP contribution in [0.1, 0.15) is 52.1 Å². The van der Waals surface area contributed by atoms with Gasteiger partial charge in [-0.1, -0.05) is 67.4 Å². The molecule has 2 aromatic heterocycles. The average molecular weight is 648 g/mol. The van der Waals surface area contributed by atoms with Crippen LogP contribution in [0.15, 0.2) is 66.7 Å². The number of thiophene rings is 2. The third-order valence-electron chi connectivity index (χ3n) is 8.16. The predicted octanol–water partition coefficient (Wildman–Crippen LogP) is 11.3. The predicted molar refractivity (Wildman–Crippen MR) is 171 cm³/mol. The molecule has 1 nitrogen and oxygen atoms in total. The van der Waals surface area contributed by atoms with Gasteiger partial charge in [-0.2, -0.15) is 26.3 Å². The second-order valence-corrected chi connectivity index (χ2v) is 14.2. The smallest absolute Gasteiger partial charge is 0.309 e. The van der Waals surface area contributed by atoms with Crippen molar-refractivity contribution in [3.8, 4) is 20.9 Å². The van der Waals surface area contributed by atoms with Gasteiger partial charge < -0.3 is 4.90 Å². The standard InChI is InChI=1S/C35H35F6NS2/c1-22-27(20-29(43-22)25-13-9-7-10-14-25)31-32(34(38,39)35(40,41)33(31,36)37)28-21-30(44-23(28)2)26-17-15-24(16-18-26)12-8-5-6-11-19-42(3)4/h7,9-10,13-18,20-21H,5-6,8,11-12,19H2,1-4H3. The summed E-state index contributed by atoms with van der Waals surface area (Å²) in [4.78, 5) is 3.81. The van der Waals surface area contributed by atoms with Gasteiger partial charge in [0.1, 0.15) is 0 Å². The van der Waals surface area contributed by atoms with Crippen LogP contribution in [0.3, 0.4) is 0 Å². The lowest BCUT2D eigenvalue weighted by Crippen LogP contribution is -2.48. The van der Waals surface area contributed by atoms with Gasteiger partial charge in [0.05, 0.1) is 0 Å². The van der Waals surface area contributed by atoms with Crippen molar-refractivity contribution in [2.24, 2.45) is 0 Å². The third kappa shape index (κ3) is 5.90. The SMILES string of the molecule is Cc1sc(-c2ccccc2)cc1C1=C(c2cc(-c3ccc(CCCCCCN(C)C)cc3)sc2C)C(F)(F)C(F)(F)C1(F)F. The number of benzene rings is 2. The lowest BCUT2D eigenvalue weighted by Gasteiger charge is -2.25. The minimum absolute atomic E-state index is 0.268. The Morgan fingerprint density at radius 3 is 1.59 bits per heavy atom. The first kappa shape index (κ1) is 32.5. The minimum Gasteiger partial charge on any atom is -0.309 e. The van der Waals surface area contributed by atoms with Gasteiger partial charge >= 0.3 is 17.8 Å². The number of hydrogen-bond acceptors (Lipinski definition) is 3. The van der Waals surface area contributed by atoms with Crippen molar-refractivity contribution in [1.82, 2.24) is 4.90 Å². The minimum atomic E-state index is -5.59. The number of aryl methyl sites for hydroxylation is 3. The van der Waals surface area contributed by atoms with Crippen LogP contribution < -0.4 is 0 Å². The fourth-order valence-corrected chi connectivity index (χ4v) is 7.79. The largest absolute Gasteiger partial charge is 0.380 e. The maximum atomic E-state index is 15.6. The van der Waals surface area contributed by atoms with Gasteiger partial charge in [0.15, 0.2) is 0 Å². The molecule has 0 amide bonds. The number of rotatable bonds is 11. The van der Waals surface area contributed by atoms with Crippen LogP contribution in [0, 0.1) is 13.8 Å². The first-order valence-electron chi connectivity index (χ1n) is 14.7. The molecule has 0 bridgehead atoms. The molecule has 9 heteroatoms. The zero-order valence-corrected chi connectivity index (χ0v) is 26.8. The Hall–Kier alpha value is -2.88. The summed E-state index contributed by atoms with van der Waals surface area (Å²) in [5, 5.41) is 0. The summed E-state index contributed by atoms with van der Waals surface area (Å²) in [5.74, 6) is -15.7. The van der Waals surface area contributed by atoms with E-state index in [0.29, 0.717) is 15.3 Å². The molecule has 0 atom stereocenters. The van der Waals surface area contributed by atoms with Crippen molar-refractivity contribution in [2.45, 2.75) is 63.7 Å². The fraction of sp³-hybridized carbons (Fsp3) is 0.371. The van der Waals surface area contributed by atoms with E-state index in [1.165, 1.54) is 26.0 Å². The number of alkyl halides is 6. The molecule has 4 aromatic rings. The second-order valence-electron chi connectivity index (χ2n) is 11.7. The molecule has 2 aromatic carbocycles. The highest BCUT2D eigenvalue weighted by atomic mass is 32.1. The van der Waals surface area contributed by atoms with Crippen molar-refractivity contribution < 1.29 is 26.3 Å². The van der Waals surface area contributed by atoms with E-state index in [1.54, 1.807) is 30.3 Å². The van der Waals surface area contributed by atoms with E-state index in [1.807, 2.05) is 24.3 Å². The summed E-state index contributed by atoms with van der Waals surface area (Å²) in [6.07, 6.45) is 5.40. The van der Waals surface area contributed by atoms with Crippen molar-refractivity contribution in [2.75, 3.05) is 20.6 Å². The van der Waals surface area contributed by atoms with Gasteiger partial charge in [0, 0.05) is 30.7 Å². The highest BCUT2D eigenvalue weighted by molar-refractivity contribution is 7.16. The Morgan fingerprint density at radius 1 is 0.614 bits per heavy atom. The molecule has 0 saturated carbocycles. The van der Waals surface area contributed by atoms with Gasteiger partial charge in [-0.15, -0.1) is 22.7 Å². The van der Waals surface area contributed by atoms with E-state index in [4.69, 9.17) is 0 Å². The normalized spacial score (nSPS) is 17.2. The number of hydrogen-bond donors (Lipinski definition) is 0. The summed E-state index contributed by atoms with van der Waals surface area (Å²) in [6, 6.07) is 19.2. The lowest BCUT2D eigenvalue weighted by atomic mass is 9.94. The van der Waals surface area contributed by atoms with Crippen LogP contribution in [0.5, 0.6) is 0 Å². The second kappa shape index (κ2) is 12.5. The Kier molecular flexibility index (Phi) is 9.23. The molecular formula is C35H35F6NS2. The molecule has 0 saturated heterocycles. The van der Waals surface area contributed by atoms with Gasteiger partial charge in [-0.05, 0) is 93.7 Å². The zero-order chi connectivity index (χ0) is 31.9. The van der Waals surface area contributed by atoms with Gasteiger partial charge in [0.2, 0.25) is 0 Å². The number of halogens is 6. The number of unbranched alkanes of at least 4 members (excludes halogenated alkanes) is 3. The summed E-state index contributed by atoms with van der Waals surface area (Å²) >= 11 is 2.25. The Balaban J connectivity index is 1.49. The van der Waals surface area contributed by atoms with Gasteiger partial charge in [-0.3, -0.25) is 0 Å². The highest BCUT2D eigenvalue weighted by Crippen LogP contribution is 2.66. The molecule has 44 heavy (non-hydrogen) atoms. The first-order valence-corrected chi connectivity index (χ1v) is 16.3. The molecule has 1 aliphatic carbocycles. The van der Waals surface area contributed by atoms with E-state index in [2.05, 4.69) is 19.0 Å². The maximum absolute atomic E-state index is 15.6. The van der Waals surface area contributed by atoms with Crippen molar-refractivity contribution in [1.29, 1.82) is 0 Å². The van der Waals surface area contributed by atoms with Crippen LogP contribution in [-0.2, 0) is 6.42 Å². The van der Waals surface area contributed by atoms with E-state index in [-0.39, 0.29) is 20.9 Å². The average Bonchev–Trinajstić information content (AvgIpc) is 3.58. The molecule has 5 rings (SSSR count). The van der Waals surface area contributed by atoms with Crippen LogP contribution >= 0.6 is 22.7 Å². The maximum Gasteiger partial charge on any atom is 0.380 e. The summed E-state index contributed by atoms with van der Waals surface area (Å²) in [5.41, 5.74) is -0.575. The number of nitrogens with zero attached hydrogens (tertiary/aromatic N) is 1. The molecule has 0 fully saturated rings. The number of allylic oxidation sites excluding steroid dienone is 2. The highest BCUT2D eigenvalue weighted by Gasteiger charge is 2.80. The Morgan fingerprint density at radius 2 is 1.09 bits per heavy atom. The first-order chi connectivity index (χ1) is 20.8. The van der Waals surface area contributed by atoms with Crippen molar-refractivity contribution in [3.05, 3.63) is 93.2 Å². The quantitative estimate of drug-likeness (QED) is 0.116. The van der Waals surface area contributed by atoms with Crippen LogP contribution in [0.2, 0.25) is 0 Å². The topological polar surface area (TPSA) is 3.24 Å². The zero-order valence-electron chi connectivity index (χ0n) is 25.1. The molecule has 1 aliphatic rings. The molecular weight excluding hydrogens is 613 g/mol. The molecule has 0 unspecified atom stereocenters. The van der Waals surface area contributed by atoms with Crippen LogP contribution in [-0.4, -0.2) is 43.3 Å². The van der Waals surface area contributed by atoms with Crippen molar-refractivity contribution >= 4 is 33.8 Å². The van der Waals surface area contributed by atoms with Crippen LogP contribution in [0.25, 0.3) is 32.0 Å². The van der Waals surface area contributed by atoms with Crippen LogP contribution in [0.4, 0.5) is 26.3 Å². The molecule has 0 aliphatic heterocycles. The monoisotopic (exact) mass is 647 g/mol. The summed E-state index contributed by atoms with van der Waals surface area (Å²) in [7, 11) is 4.12. The van der Waals surface area contributed by atoms with E-state index in [9.17, 15) is 0 Å². The van der Waals surface area contributed by atoms with E-state index < -0.39 is 28.9 Å². The molecule has 0 radical (unpaired) electrons. The Bertz CT molecular complexity index is 1630. The van der Waals surface area contributed by atoms with Crippen molar-refractivity contribution in [3.63, 3.8) is 0 Å². The van der Waals surface area contributed by atoms with E-state index >= 15 is 26.3 Å². The lowest BCUT2D eigenvalue weighted by molar-refractivity contribution is -0.254. The van der Waals surface area contributed by atoms with E-state index in [0.717, 1.165) is 72.4 Å². The fourth-order valence-electron chi connectivity index (χ4n) is 5.73. The molecule has 2 heterocycles. The molecule has 234 valence electrons.